The van der Waals surface area contributed by atoms with E-state index >= 15 is 0 Å². The Morgan fingerprint density at radius 1 is 0.348 bits per heavy atom. The first kappa shape index (κ1) is 28.3. The molecule has 2 aliphatic heterocycles. The molecule has 0 saturated heterocycles. The Hall–Kier alpha value is -6.48. The van der Waals surface area contributed by atoms with E-state index in [0.717, 1.165) is 0 Å². The van der Waals surface area contributed by atoms with Crippen LogP contribution in [0.15, 0.2) is 48.5 Å². The highest BCUT2D eigenvalue weighted by Crippen LogP contribution is 2.37. The topological polar surface area (TPSA) is 73.8 Å². The van der Waals surface area contributed by atoms with Gasteiger partial charge >= 0.3 is 0 Å². The number of fused-ring (bicyclic) bond motifs is 6. The molecule has 0 radical (unpaired) electrons. The molecule has 0 atom stereocenters. The molecule has 3 aliphatic rings. The van der Waals surface area contributed by atoms with Crippen LogP contribution in [-0.4, -0.2) is 42.0 Å². The van der Waals surface area contributed by atoms with Crippen molar-refractivity contribution in [2.45, 2.75) is 0 Å². The minimum absolute atomic E-state index is 0.115. The Labute approximate surface area is 266 Å². The third-order valence-electron chi connectivity index (χ3n) is 7.40. The van der Waals surface area contributed by atoms with Gasteiger partial charge < -0.3 is 37.9 Å². The molecular formula is C38H24O8. The summed E-state index contributed by atoms with van der Waals surface area (Å²) in [7, 11) is 6.30. The lowest BCUT2D eigenvalue weighted by molar-refractivity contribution is 0.173. The molecule has 0 amide bonds. The lowest BCUT2D eigenvalue weighted by Crippen LogP contribution is -1.96. The summed E-state index contributed by atoms with van der Waals surface area (Å²) in [6.07, 6.45) is 0. The summed E-state index contributed by atoms with van der Waals surface area (Å²) in [5.41, 5.74) is 5.09. The van der Waals surface area contributed by atoms with Gasteiger partial charge in [0.25, 0.3) is 0 Å². The van der Waals surface area contributed by atoms with Gasteiger partial charge in [0.2, 0.25) is 13.6 Å². The summed E-state index contributed by atoms with van der Waals surface area (Å²) < 4.78 is 44.9. The fourth-order valence-corrected chi connectivity index (χ4v) is 5.01. The number of benzene rings is 4. The second-order valence-electron chi connectivity index (χ2n) is 10.0. The third-order valence-corrected chi connectivity index (χ3v) is 7.40. The molecule has 8 nitrogen and oxygen atoms in total. The zero-order valence-electron chi connectivity index (χ0n) is 25.3. The Kier molecular flexibility index (Phi) is 7.32. The summed E-state index contributed by atoms with van der Waals surface area (Å²) in [5.74, 6) is 30.6. The molecule has 0 spiro atoms. The van der Waals surface area contributed by atoms with Crippen LogP contribution < -0.4 is 37.9 Å². The van der Waals surface area contributed by atoms with Crippen molar-refractivity contribution >= 4 is 0 Å². The molecule has 0 aromatic heterocycles. The van der Waals surface area contributed by atoms with Crippen molar-refractivity contribution in [2.24, 2.45) is 0 Å². The van der Waals surface area contributed by atoms with Crippen molar-refractivity contribution in [3.63, 3.8) is 0 Å². The molecule has 0 bridgehead atoms. The summed E-state index contributed by atoms with van der Waals surface area (Å²) in [6, 6.07) is 14.5. The summed E-state index contributed by atoms with van der Waals surface area (Å²) >= 11 is 0. The maximum absolute atomic E-state index is 5.65. The van der Waals surface area contributed by atoms with Gasteiger partial charge in [-0.3, -0.25) is 0 Å². The second kappa shape index (κ2) is 11.9. The van der Waals surface area contributed by atoms with Gasteiger partial charge in [-0.1, -0.05) is 47.4 Å². The van der Waals surface area contributed by atoms with Gasteiger partial charge in [-0.05, 0) is 0 Å². The molecule has 4 aromatic rings. The monoisotopic (exact) mass is 608 g/mol. The lowest BCUT2D eigenvalue weighted by Gasteiger charge is -2.10. The summed E-state index contributed by atoms with van der Waals surface area (Å²) in [4.78, 5) is 0. The highest BCUT2D eigenvalue weighted by atomic mass is 16.7. The first-order valence-electron chi connectivity index (χ1n) is 14.0. The molecule has 8 heteroatoms. The molecular weight excluding hydrogens is 584 g/mol. The maximum Gasteiger partial charge on any atom is 0.231 e. The van der Waals surface area contributed by atoms with E-state index < -0.39 is 0 Å². The van der Waals surface area contributed by atoms with E-state index in [0.29, 0.717) is 90.5 Å². The van der Waals surface area contributed by atoms with Crippen LogP contribution in [0.2, 0.25) is 0 Å². The van der Waals surface area contributed by atoms with Crippen LogP contribution in [0.4, 0.5) is 0 Å². The highest BCUT2D eigenvalue weighted by Gasteiger charge is 2.18. The van der Waals surface area contributed by atoms with E-state index in [4.69, 9.17) is 37.9 Å². The predicted octanol–water partition coefficient (Wildman–Crippen LogP) is 5.09. The smallest absolute Gasteiger partial charge is 0.231 e. The first-order valence-corrected chi connectivity index (χ1v) is 14.0. The van der Waals surface area contributed by atoms with Crippen LogP contribution in [0.5, 0.6) is 46.0 Å². The lowest BCUT2D eigenvalue weighted by atomic mass is 10.0. The minimum Gasteiger partial charge on any atom is -0.493 e. The number of rotatable bonds is 4. The van der Waals surface area contributed by atoms with E-state index in [1.165, 1.54) is 0 Å². The van der Waals surface area contributed by atoms with E-state index in [1.807, 2.05) is 24.3 Å². The van der Waals surface area contributed by atoms with Crippen LogP contribution >= 0.6 is 0 Å². The Balaban J connectivity index is 1.52. The Morgan fingerprint density at radius 2 is 0.543 bits per heavy atom. The number of hydrogen-bond acceptors (Lipinski definition) is 8. The second-order valence-corrected chi connectivity index (χ2v) is 10.0. The predicted molar refractivity (Wildman–Crippen MR) is 168 cm³/mol. The quantitative estimate of drug-likeness (QED) is 0.262. The normalized spacial score (nSPS) is 12.4. The SMILES string of the molecule is COc1cc2c(cc1OC)C#Cc1cc3c(cc1C#Cc1cc(OC)c(OC)cc1C#Cc1cc4c(cc1C#C2)OCO4)OCO3. The summed E-state index contributed by atoms with van der Waals surface area (Å²) in [5, 5.41) is 0. The highest BCUT2D eigenvalue weighted by molar-refractivity contribution is 5.68. The van der Waals surface area contributed by atoms with Gasteiger partial charge in [0.1, 0.15) is 0 Å². The Bertz CT molecular complexity index is 1880. The first-order chi connectivity index (χ1) is 22.6. The van der Waals surface area contributed by atoms with Crippen molar-refractivity contribution in [3.05, 3.63) is 93.0 Å². The molecule has 2 heterocycles. The van der Waals surface area contributed by atoms with Gasteiger partial charge in [0.05, 0.1) is 28.4 Å². The van der Waals surface area contributed by atoms with Gasteiger partial charge in [-0.2, -0.15) is 0 Å². The standard InChI is InChI=1S/C38H24O8/c1-39-31-13-23-5-9-27-17-35-37(45-21-43-35)19-29(27)11-7-25-15-33(41-3)34(42-4)16-26(25)8-12-30-20-38-36(44-22-46-38)18-28(30)10-6-24(23)14-32(31)40-2/h13-20H,21-22H2,1-4H3. The average Bonchev–Trinajstić information content (AvgIpc) is 3.75. The molecule has 46 heavy (non-hydrogen) atoms. The fourth-order valence-electron chi connectivity index (χ4n) is 5.01. The van der Waals surface area contributed by atoms with E-state index in [2.05, 4.69) is 47.4 Å². The van der Waals surface area contributed by atoms with Crippen LogP contribution in [0.3, 0.4) is 0 Å². The molecule has 1 aliphatic carbocycles. The van der Waals surface area contributed by atoms with Crippen molar-refractivity contribution in [1.29, 1.82) is 0 Å². The molecule has 0 fully saturated rings. The van der Waals surface area contributed by atoms with Gasteiger partial charge in [-0.15, -0.1) is 0 Å². The van der Waals surface area contributed by atoms with Gasteiger partial charge in [0.15, 0.2) is 46.0 Å². The van der Waals surface area contributed by atoms with Crippen molar-refractivity contribution in [1.82, 2.24) is 0 Å². The van der Waals surface area contributed by atoms with Crippen molar-refractivity contribution < 1.29 is 37.9 Å². The van der Waals surface area contributed by atoms with Crippen molar-refractivity contribution in [2.75, 3.05) is 42.0 Å². The molecule has 7 rings (SSSR count). The molecule has 4 aromatic carbocycles. The molecule has 224 valence electrons. The van der Waals surface area contributed by atoms with Crippen LogP contribution in [-0.2, 0) is 0 Å². The maximum atomic E-state index is 5.65. The minimum atomic E-state index is 0.115. The fraction of sp³-hybridized carbons (Fsp3) is 0.158. The zero-order chi connectivity index (χ0) is 31.6. The van der Waals surface area contributed by atoms with E-state index in [-0.39, 0.29) is 13.6 Å². The Morgan fingerprint density at radius 3 is 0.739 bits per heavy atom. The number of methoxy groups -OCH3 is 4. The van der Waals surface area contributed by atoms with Crippen molar-refractivity contribution in [3.8, 4) is 93.4 Å². The average molecular weight is 609 g/mol. The summed E-state index contributed by atoms with van der Waals surface area (Å²) in [6.45, 7) is 0.230. The number of hydrogen-bond donors (Lipinski definition) is 0. The van der Waals surface area contributed by atoms with E-state index in [9.17, 15) is 0 Å². The van der Waals surface area contributed by atoms with Crippen LogP contribution in [0, 0.1) is 47.4 Å². The molecule has 0 saturated carbocycles. The largest absolute Gasteiger partial charge is 0.493 e. The zero-order valence-corrected chi connectivity index (χ0v) is 25.3. The molecule has 0 N–H and O–H groups in total. The van der Waals surface area contributed by atoms with Crippen LogP contribution in [0.25, 0.3) is 0 Å². The third kappa shape index (κ3) is 5.26. The number of ether oxygens (including phenoxy) is 8. The van der Waals surface area contributed by atoms with Crippen LogP contribution in [0.1, 0.15) is 44.5 Å². The molecule has 0 unspecified atom stereocenters. The van der Waals surface area contributed by atoms with Gasteiger partial charge in [0, 0.05) is 93.0 Å². The van der Waals surface area contributed by atoms with E-state index in [1.54, 1.807) is 52.7 Å². The van der Waals surface area contributed by atoms with Gasteiger partial charge in [-0.25, -0.2) is 0 Å².